The molecule has 0 heterocycles. The molecule has 0 aromatic rings. The molecule has 1 N–H and O–H groups in total. The quantitative estimate of drug-likeness (QED) is 0.756. The highest BCUT2D eigenvalue weighted by Crippen LogP contribution is 2.42. The number of rotatable bonds is 7. The molecule has 0 aliphatic heterocycles. The summed E-state index contributed by atoms with van der Waals surface area (Å²) in [5.74, 6) is 3.42. The van der Waals surface area contributed by atoms with E-state index in [-0.39, 0.29) is 0 Å². The molecule has 0 saturated heterocycles. The van der Waals surface area contributed by atoms with Gasteiger partial charge in [-0.25, -0.2) is 0 Å². The van der Waals surface area contributed by atoms with E-state index in [1.807, 2.05) is 0 Å². The lowest BCUT2D eigenvalue weighted by atomic mass is 9.72. The van der Waals surface area contributed by atoms with Crippen molar-refractivity contribution < 1.29 is 4.74 Å². The standard InChI is InChI=1S/C17H33NO/c1-5-18-16(17(19-6-2)14-7-8-14)15-10-12(3)9-13(4)11-15/h12-18H,5-11H2,1-4H3. The van der Waals surface area contributed by atoms with Crippen molar-refractivity contribution in [2.45, 2.75) is 71.9 Å². The van der Waals surface area contributed by atoms with Crippen LogP contribution in [0.2, 0.25) is 0 Å². The van der Waals surface area contributed by atoms with Crippen molar-refractivity contribution in [1.29, 1.82) is 0 Å². The van der Waals surface area contributed by atoms with Crippen LogP contribution in [-0.2, 0) is 4.74 Å². The molecule has 4 atom stereocenters. The van der Waals surface area contributed by atoms with Crippen molar-refractivity contribution in [1.82, 2.24) is 5.32 Å². The Bertz CT molecular complexity index is 254. The minimum absolute atomic E-state index is 0.465. The van der Waals surface area contributed by atoms with E-state index >= 15 is 0 Å². The molecule has 112 valence electrons. The molecule has 19 heavy (non-hydrogen) atoms. The normalized spacial score (nSPS) is 35.1. The first-order chi connectivity index (χ1) is 9.15. The molecule has 2 aliphatic rings. The van der Waals surface area contributed by atoms with Gasteiger partial charge in [0.1, 0.15) is 0 Å². The third kappa shape index (κ3) is 4.19. The molecule has 0 spiro atoms. The van der Waals surface area contributed by atoms with Crippen molar-refractivity contribution in [2.24, 2.45) is 23.7 Å². The van der Waals surface area contributed by atoms with Gasteiger partial charge in [-0.15, -0.1) is 0 Å². The van der Waals surface area contributed by atoms with E-state index in [0.717, 1.165) is 36.8 Å². The average Bonchev–Trinajstić information content (AvgIpc) is 3.16. The van der Waals surface area contributed by atoms with Gasteiger partial charge < -0.3 is 10.1 Å². The van der Waals surface area contributed by atoms with Gasteiger partial charge in [0.15, 0.2) is 0 Å². The predicted octanol–water partition coefficient (Wildman–Crippen LogP) is 3.85. The lowest BCUT2D eigenvalue weighted by Gasteiger charge is -2.40. The Labute approximate surface area is 119 Å². The molecule has 2 fully saturated rings. The van der Waals surface area contributed by atoms with Gasteiger partial charge in [-0.05, 0) is 69.2 Å². The highest BCUT2D eigenvalue weighted by Gasteiger charge is 2.41. The molecule has 4 unspecified atom stereocenters. The van der Waals surface area contributed by atoms with Gasteiger partial charge in [0.25, 0.3) is 0 Å². The fourth-order valence-electron chi connectivity index (χ4n) is 4.24. The Morgan fingerprint density at radius 3 is 2.11 bits per heavy atom. The van der Waals surface area contributed by atoms with E-state index in [1.54, 1.807) is 0 Å². The topological polar surface area (TPSA) is 21.3 Å². The van der Waals surface area contributed by atoms with E-state index in [0.29, 0.717) is 12.1 Å². The van der Waals surface area contributed by atoms with Crippen LogP contribution in [0, 0.1) is 23.7 Å². The summed E-state index contributed by atoms with van der Waals surface area (Å²) in [6.45, 7) is 11.2. The molecular formula is C17H33NO. The zero-order valence-corrected chi connectivity index (χ0v) is 13.3. The van der Waals surface area contributed by atoms with E-state index < -0.39 is 0 Å². The smallest absolute Gasteiger partial charge is 0.0758 e. The van der Waals surface area contributed by atoms with Gasteiger partial charge in [-0.2, -0.15) is 0 Å². The summed E-state index contributed by atoms with van der Waals surface area (Å²) in [6, 6.07) is 0.586. The second kappa shape index (κ2) is 7.08. The molecular weight excluding hydrogens is 234 g/mol. The molecule has 2 saturated carbocycles. The Morgan fingerprint density at radius 1 is 1.00 bits per heavy atom. The zero-order chi connectivity index (χ0) is 13.8. The van der Waals surface area contributed by atoms with Crippen LogP contribution in [0.25, 0.3) is 0 Å². The Balaban J connectivity index is 2.03. The molecule has 0 radical (unpaired) electrons. The van der Waals surface area contributed by atoms with Crippen molar-refractivity contribution in [3.8, 4) is 0 Å². The third-order valence-corrected chi connectivity index (χ3v) is 4.96. The van der Waals surface area contributed by atoms with Gasteiger partial charge in [-0.1, -0.05) is 20.8 Å². The SMILES string of the molecule is CCNC(C1CC(C)CC(C)C1)C(OCC)C1CC1. The lowest BCUT2D eigenvalue weighted by Crippen LogP contribution is -2.49. The summed E-state index contributed by atoms with van der Waals surface area (Å²) in [5, 5.41) is 3.77. The molecule has 0 aromatic heterocycles. The maximum Gasteiger partial charge on any atom is 0.0758 e. The highest BCUT2D eigenvalue weighted by molar-refractivity contribution is 4.95. The second-order valence-electron chi connectivity index (χ2n) is 7.02. The summed E-state index contributed by atoms with van der Waals surface area (Å²) in [5.41, 5.74) is 0. The van der Waals surface area contributed by atoms with Crippen molar-refractivity contribution >= 4 is 0 Å². The van der Waals surface area contributed by atoms with Crippen LogP contribution in [0.4, 0.5) is 0 Å². The number of nitrogens with one attached hydrogen (secondary N) is 1. The van der Waals surface area contributed by atoms with E-state index in [2.05, 4.69) is 33.0 Å². The summed E-state index contributed by atoms with van der Waals surface area (Å²) >= 11 is 0. The summed E-state index contributed by atoms with van der Waals surface area (Å²) in [6.07, 6.45) is 7.41. The molecule has 2 nitrogen and oxygen atoms in total. The maximum atomic E-state index is 6.14. The highest BCUT2D eigenvalue weighted by atomic mass is 16.5. The number of hydrogen-bond donors (Lipinski definition) is 1. The monoisotopic (exact) mass is 267 g/mol. The number of ether oxygens (including phenoxy) is 1. The van der Waals surface area contributed by atoms with Gasteiger partial charge in [0.2, 0.25) is 0 Å². The van der Waals surface area contributed by atoms with Crippen LogP contribution in [0.5, 0.6) is 0 Å². The largest absolute Gasteiger partial charge is 0.377 e. The van der Waals surface area contributed by atoms with E-state index in [4.69, 9.17) is 4.74 Å². The van der Waals surface area contributed by atoms with Crippen LogP contribution in [0.3, 0.4) is 0 Å². The third-order valence-electron chi connectivity index (χ3n) is 4.96. The van der Waals surface area contributed by atoms with Gasteiger partial charge in [0, 0.05) is 12.6 Å². The first kappa shape index (κ1) is 15.3. The number of likely N-dealkylation sites (N-methyl/N-ethyl adjacent to an activating group) is 1. The maximum absolute atomic E-state index is 6.14. The van der Waals surface area contributed by atoms with E-state index in [9.17, 15) is 0 Å². The number of hydrogen-bond acceptors (Lipinski definition) is 2. The Morgan fingerprint density at radius 2 is 1.63 bits per heavy atom. The van der Waals surface area contributed by atoms with Crippen molar-refractivity contribution in [3.63, 3.8) is 0 Å². The van der Waals surface area contributed by atoms with Gasteiger partial charge in [0.05, 0.1) is 6.10 Å². The molecule has 0 aromatic carbocycles. The van der Waals surface area contributed by atoms with Gasteiger partial charge >= 0.3 is 0 Å². The fourth-order valence-corrected chi connectivity index (χ4v) is 4.24. The minimum Gasteiger partial charge on any atom is -0.377 e. The van der Waals surface area contributed by atoms with Crippen LogP contribution < -0.4 is 5.32 Å². The van der Waals surface area contributed by atoms with Crippen LogP contribution >= 0.6 is 0 Å². The van der Waals surface area contributed by atoms with Crippen molar-refractivity contribution in [2.75, 3.05) is 13.2 Å². The Kier molecular flexibility index (Phi) is 5.70. The molecule has 2 rings (SSSR count). The minimum atomic E-state index is 0.465. The molecule has 0 amide bonds. The summed E-state index contributed by atoms with van der Waals surface area (Å²) in [4.78, 5) is 0. The summed E-state index contributed by atoms with van der Waals surface area (Å²) in [7, 11) is 0. The Hall–Kier alpha value is -0.0800. The second-order valence-corrected chi connectivity index (χ2v) is 7.02. The first-order valence-corrected chi connectivity index (χ1v) is 8.50. The molecule has 0 bridgehead atoms. The van der Waals surface area contributed by atoms with Crippen LogP contribution in [0.1, 0.15) is 59.8 Å². The van der Waals surface area contributed by atoms with Gasteiger partial charge in [-0.3, -0.25) is 0 Å². The fraction of sp³-hybridized carbons (Fsp3) is 1.00. The lowest BCUT2D eigenvalue weighted by molar-refractivity contribution is -0.00900. The van der Waals surface area contributed by atoms with Crippen molar-refractivity contribution in [3.05, 3.63) is 0 Å². The van der Waals surface area contributed by atoms with Crippen LogP contribution in [-0.4, -0.2) is 25.3 Å². The molecule has 2 heteroatoms. The zero-order valence-electron chi connectivity index (χ0n) is 13.3. The van der Waals surface area contributed by atoms with E-state index in [1.165, 1.54) is 32.1 Å². The molecule has 2 aliphatic carbocycles. The summed E-state index contributed by atoms with van der Waals surface area (Å²) < 4.78 is 6.14. The van der Waals surface area contributed by atoms with Crippen LogP contribution in [0.15, 0.2) is 0 Å². The first-order valence-electron chi connectivity index (χ1n) is 8.50. The predicted molar refractivity (Wildman–Crippen MR) is 81.3 cm³/mol. The average molecular weight is 267 g/mol.